The predicted molar refractivity (Wildman–Crippen MR) is 112 cm³/mol. The van der Waals surface area contributed by atoms with E-state index in [-0.39, 0.29) is 33.0 Å². The van der Waals surface area contributed by atoms with Crippen molar-refractivity contribution in [2.24, 2.45) is 5.92 Å². The summed E-state index contributed by atoms with van der Waals surface area (Å²) in [6, 6.07) is 10.9. The van der Waals surface area contributed by atoms with Crippen LogP contribution >= 0.6 is 31.8 Å². The van der Waals surface area contributed by atoms with Gasteiger partial charge < -0.3 is 4.74 Å². The number of hydrogen-bond acceptors (Lipinski definition) is 2. The minimum atomic E-state index is -0.0535. The molecule has 1 unspecified atom stereocenters. The van der Waals surface area contributed by atoms with E-state index in [1.165, 1.54) is 0 Å². The average molecular weight is 391 g/mol. The van der Waals surface area contributed by atoms with E-state index in [0.29, 0.717) is 28.1 Å². The van der Waals surface area contributed by atoms with Crippen LogP contribution in [0.5, 0.6) is 5.75 Å². The van der Waals surface area contributed by atoms with Crippen LogP contribution in [0.1, 0.15) is 36.2 Å². The molecule has 0 aliphatic carbocycles. The van der Waals surface area contributed by atoms with Gasteiger partial charge in [-0.3, -0.25) is 4.79 Å². The van der Waals surface area contributed by atoms with Crippen molar-refractivity contribution < 1.29 is 9.53 Å². The third kappa shape index (κ3) is 6.63. The summed E-state index contributed by atoms with van der Waals surface area (Å²) in [7, 11) is -0.0213. The van der Waals surface area contributed by atoms with Crippen molar-refractivity contribution in [2.45, 2.75) is 27.2 Å². The van der Waals surface area contributed by atoms with Gasteiger partial charge in [-0.1, -0.05) is 49.2 Å². The SMILES string of the molecule is Cc1cc(OCCC(C)C)ccc1PC(=O)c1c(Cl)cccc1Cl.[LiH]. The van der Waals surface area contributed by atoms with Crippen LogP contribution < -0.4 is 10.0 Å². The van der Waals surface area contributed by atoms with Crippen molar-refractivity contribution in [3.63, 3.8) is 0 Å². The van der Waals surface area contributed by atoms with E-state index in [1.807, 2.05) is 25.1 Å². The standard InChI is InChI=1S/C19H21Cl2O2P.Li.H/c1-12(2)9-10-23-14-7-8-17(13(3)11-14)24-19(22)18-15(20)5-4-6-16(18)21;;/h4-8,11-12,24H,9-10H2,1-3H3;;. The molecule has 0 spiro atoms. The number of hydrogen-bond donors (Lipinski definition) is 0. The summed E-state index contributed by atoms with van der Waals surface area (Å²) in [5.74, 6) is 1.45. The van der Waals surface area contributed by atoms with Gasteiger partial charge in [-0.25, -0.2) is 0 Å². The fourth-order valence-electron chi connectivity index (χ4n) is 2.18. The van der Waals surface area contributed by atoms with Crippen LogP contribution in [-0.4, -0.2) is 31.0 Å². The molecule has 6 heteroatoms. The Bertz CT molecular complexity index is 715. The van der Waals surface area contributed by atoms with Crippen molar-refractivity contribution in [2.75, 3.05) is 6.61 Å². The van der Waals surface area contributed by atoms with Crippen LogP contribution in [0, 0.1) is 12.8 Å². The molecule has 2 rings (SSSR count). The summed E-state index contributed by atoms with van der Waals surface area (Å²) in [6.45, 7) is 7.03. The second kappa shape index (κ2) is 10.6. The van der Waals surface area contributed by atoms with Gasteiger partial charge in [-0.05, 0) is 63.0 Å². The first-order chi connectivity index (χ1) is 11.4. The monoisotopic (exact) mass is 390 g/mol. The molecule has 0 N–H and O–H groups in total. The molecule has 0 saturated heterocycles. The summed E-state index contributed by atoms with van der Waals surface area (Å²) < 4.78 is 5.76. The van der Waals surface area contributed by atoms with E-state index >= 15 is 0 Å². The molecule has 0 aliphatic heterocycles. The third-order valence-corrected chi connectivity index (χ3v) is 5.54. The van der Waals surface area contributed by atoms with E-state index < -0.39 is 0 Å². The van der Waals surface area contributed by atoms with Crippen LogP contribution in [0.4, 0.5) is 0 Å². The van der Waals surface area contributed by atoms with Crippen LogP contribution in [0.3, 0.4) is 0 Å². The second-order valence-electron chi connectivity index (χ2n) is 6.06. The summed E-state index contributed by atoms with van der Waals surface area (Å²) in [5.41, 5.74) is 1.38. The third-order valence-electron chi connectivity index (χ3n) is 3.60. The van der Waals surface area contributed by atoms with Crippen LogP contribution in [0.2, 0.25) is 10.0 Å². The topological polar surface area (TPSA) is 26.3 Å². The molecule has 1 atom stereocenters. The van der Waals surface area contributed by atoms with Gasteiger partial charge in [-0.15, -0.1) is 0 Å². The number of halogens is 2. The Labute approximate surface area is 173 Å². The second-order valence-corrected chi connectivity index (χ2v) is 8.12. The first-order valence-electron chi connectivity index (χ1n) is 7.87. The van der Waals surface area contributed by atoms with Crippen molar-refractivity contribution in [3.05, 3.63) is 57.6 Å². The number of ether oxygens (including phenoxy) is 1. The first-order valence-corrected chi connectivity index (χ1v) is 9.63. The van der Waals surface area contributed by atoms with E-state index in [1.54, 1.807) is 18.2 Å². The Balaban J connectivity index is 0.00000312. The van der Waals surface area contributed by atoms with E-state index in [2.05, 4.69) is 13.8 Å². The number of benzene rings is 2. The number of carbonyl (C=O) groups excluding carboxylic acids is 1. The molecule has 0 aromatic heterocycles. The summed E-state index contributed by atoms with van der Waals surface area (Å²) in [5, 5.41) is 1.77. The molecule has 0 amide bonds. The zero-order valence-electron chi connectivity index (χ0n) is 14.0. The van der Waals surface area contributed by atoms with Crippen LogP contribution in [0.15, 0.2) is 36.4 Å². The van der Waals surface area contributed by atoms with Crippen molar-refractivity contribution in [3.8, 4) is 5.75 Å². The Morgan fingerprint density at radius 2 is 1.80 bits per heavy atom. The van der Waals surface area contributed by atoms with Gasteiger partial charge in [0.15, 0.2) is 5.52 Å². The molecule has 25 heavy (non-hydrogen) atoms. The van der Waals surface area contributed by atoms with Gasteiger partial charge in [0.05, 0.1) is 22.2 Å². The molecule has 2 nitrogen and oxygen atoms in total. The van der Waals surface area contributed by atoms with Crippen LogP contribution in [0.25, 0.3) is 0 Å². The molecule has 0 aliphatic rings. The first kappa shape index (κ1) is 22.6. The molecular formula is C19H22Cl2LiO2P. The zero-order chi connectivity index (χ0) is 17.7. The molecule has 0 bridgehead atoms. The fourth-order valence-corrected chi connectivity index (χ4v) is 3.98. The zero-order valence-corrected chi connectivity index (χ0v) is 16.5. The molecule has 2 aromatic carbocycles. The summed E-state index contributed by atoms with van der Waals surface area (Å²) in [4.78, 5) is 12.6. The van der Waals surface area contributed by atoms with E-state index in [0.717, 1.165) is 23.0 Å². The van der Waals surface area contributed by atoms with Gasteiger partial charge in [0.1, 0.15) is 5.75 Å². The Morgan fingerprint density at radius 3 is 2.36 bits per heavy atom. The van der Waals surface area contributed by atoms with E-state index in [4.69, 9.17) is 27.9 Å². The van der Waals surface area contributed by atoms with Crippen molar-refractivity contribution in [1.29, 1.82) is 0 Å². The van der Waals surface area contributed by atoms with Gasteiger partial charge in [-0.2, -0.15) is 0 Å². The molecule has 0 saturated carbocycles. The number of aryl methyl sites for hydroxylation is 1. The molecule has 130 valence electrons. The van der Waals surface area contributed by atoms with Crippen molar-refractivity contribution in [1.82, 2.24) is 0 Å². The molecule has 0 radical (unpaired) electrons. The van der Waals surface area contributed by atoms with Gasteiger partial charge in [0, 0.05) is 0 Å². The Hall–Kier alpha value is -0.483. The number of rotatable bonds is 7. The minimum absolute atomic E-state index is 0. The Morgan fingerprint density at radius 1 is 1.16 bits per heavy atom. The molecular weight excluding hydrogens is 369 g/mol. The molecule has 0 fully saturated rings. The Kier molecular flexibility index (Phi) is 9.58. The van der Waals surface area contributed by atoms with Crippen LogP contribution in [-0.2, 0) is 0 Å². The maximum absolute atomic E-state index is 12.6. The normalized spacial score (nSPS) is 11.0. The molecule has 0 heterocycles. The quantitative estimate of drug-likeness (QED) is 0.478. The van der Waals surface area contributed by atoms with Gasteiger partial charge in [0.2, 0.25) is 0 Å². The molecule has 2 aromatic rings. The summed E-state index contributed by atoms with van der Waals surface area (Å²) >= 11 is 12.2. The van der Waals surface area contributed by atoms with Gasteiger partial charge in [0.25, 0.3) is 0 Å². The summed E-state index contributed by atoms with van der Waals surface area (Å²) in [6.07, 6.45) is 1.02. The predicted octanol–water partition coefficient (Wildman–Crippen LogP) is 5.22. The average Bonchev–Trinajstić information content (AvgIpc) is 2.49. The maximum atomic E-state index is 12.6. The van der Waals surface area contributed by atoms with Gasteiger partial charge >= 0.3 is 18.9 Å². The van der Waals surface area contributed by atoms with Crippen molar-refractivity contribution >= 4 is 61.5 Å². The number of carbonyl (C=O) groups is 1. The fraction of sp³-hybridized carbons (Fsp3) is 0.316. The van der Waals surface area contributed by atoms with E-state index in [9.17, 15) is 4.79 Å².